The molecule has 7 heteroatoms. The first kappa shape index (κ1) is 22.9. The van der Waals surface area contributed by atoms with Gasteiger partial charge in [-0.15, -0.1) is 24.8 Å². The summed E-state index contributed by atoms with van der Waals surface area (Å²) >= 11 is 0. The second-order valence-electron chi connectivity index (χ2n) is 7.55. The summed E-state index contributed by atoms with van der Waals surface area (Å²) in [5.74, 6) is 0.696. The van der Waals surface area contributed by atoms with E-state index in [9.17, 15) is 4.79 Å². The van der Waals surface area contributed by atoms with Crippen molar-refractivity contribution in [2.45, 2.75) is 39.7 Å². The van der Waals surface area contributed by atoms with E-state index in [0.717, 1.165) is 52.4 Å². The third kappa shape index (κ3) is 6.75. The third-order valence-electron chi connectivity index (χ3n) is 4.65. The maximum atomic E-state index is 12.5. The molecule has 2 rings (SSSR count). The number of carbonyl (C=O) groups excluding carboxylic acids is 1. The van der Waals surface area contributed by atoms with Gasteiger partial charge in [-0.3, -0.25) is 9.69 Å². The van der Waals surface area contributed by atoms with E-state index in [1.807, 2.05) is 25.7 Å². The van der Waals surface area contributed by atoms with Crippen molar-refractivity contribution >= 4 is 30.7 Å². The number of hydrogen-bond donors (Lipinski definition) is 1. The van der Waals surface area contributed by atoms with Gasteiger partial charge in [0.25, 0.3) is 0 Å². The van der Waals surface area contributed by atoms with Crippen LogP contribution in [0.2, 0.25) is 0 Å². The number of morpholine rings is 1. The molecular weight excluding hydrogens is 337 g/mol. The predicted octanol–water partition coefficient (Wildman–Crippen LogP) is 1.77. The molecule has 0 bridgehead atoms. The molecule has 138 valence electrons. The Bertz CT molecular complexity index is 358. The zero-order valence-corrected chi connectivity index (χ0v) is 16.3. The van der Waals surface area contributed by atoms with Crippen molar-refractivity contribution in [1.29, 1.82) is 0 Å². The molecule has 1 unspecified atom stereocenters. The molecule has 0 radical (unpaired) electrons. The Morgan fingerprint density at radius 1 is 1.22 bits per heavy atom. The zero-order valence-electron chi connectivity index (χ0n) is 14.6. The summed E-state index contributed by atoms with van der Waals surface area (Å²) in [5.41, 5.74) is 5.96. The number of likely N-dealkylation sites (tertiary alicyclic amines) is 1. The zero-order chi connectivity index (χ0) is 15.5. The quantitative estimate of drug-likeness (QED) is 0.823. The average molecular weight is 370 g/mol. The minimum absolute atomic E-state index is 0. The molecule has 1 amide bonds. The maximum Gasteiger partial charge on any atom is 0.240 e. The van der Waals surface area contributed by atoms with E-state index in [-0.39, 0.29) is 36.1 Å². The minimum atomic E-state index is -0.403. The number of ether oxygens (including phenoxy) is 1. The molecule has 0 aliphatic carbocycles. The lowest BCUT2D eigenvalue weighted by molar-refractivity contribution is -0.137. The summed E-state index contributed by atoms with van der Waals surface area (Å²) in [6.07, 6.45) is 2.31. The summed E-state index contributed by atoms with van der Waals surface area (Å²) < 4.78 is 5.39. The van der Waals surface area contributed by atoms with Crippen molar-refractivity contribution in [2.24, 2.45) is 17.1 Å². The van der Waals surface area contributed by atoms with E-state index in [0.29, 0.717) is 5.92 Å². The lowest BCUT2D eigenvalue weighted by atomic mass is 9.85. The molecule has 2 aliphatic heterocycles. The molecule has 0 aromatic heterocycles. The molecule has 2 heterocycles. The average Bonchev–Trinajstić information content (AvgIpc) is 2.46. The van der Waals surface area contributed by atoms with Gasteiger partial charge in [0, 0.05) is 32.7 Å². The lowest BCUT2D eigenvalue weighted by Gasteiger charge is -2.39. The van der Waals surface area contributed by atoms with Crippen LogP contribution in [0.5, 0.6) is 0 Å². The van der Waals surface area contributed by atoms with Crippen LogP contribution in [0.25, 0.3) is 0 Å². The van der Waals surface area contributed by atoms with Gasteiger partial charge < -0.3 is 15.4 Å². The number of rotatable bonds is 3. The predicted molar refractivity (Wildman–Crippen MR) is 98.5 cm³/mol. The molecule has 0 aromatic rings. The second kappa shape index (κ2) is 10.0. The van der Waals surface area contributed by atoms with E-state index in [2.05, 4.69) is 4.90 Å². The standard InChI is InChI=1S/C16H31N3O2.2ClH/c1-16(2,3)14(17)15(20)19-6-4-5-13(12-19)11-18-7-9-21-10-8-18;;/h13-14H,4-12,17H2,1-3H3;2*1H/t13?,14-;;/m1../s1. The summed E-state index contributed by atoms with van der Waals surface area (Å²) in [7, 11) is 0. The molecule has 0 aromatic carbocycles. The van der Waals surface area contributed by atoms with Crippen molar-refractivity contribution in [2.75, 3.05) is 45.9 Å². The first-order chi connectivity index (χ1) is 9.88. The van der Waals surface area contributed by atoms with Crippen LogP contribution in [-0.2, 0) is 9.53 Å². The number of piperidine rings is 1. The fourth-order valence-electron chi connectivity index (χ4n) is 3.13. The molecular formula is C16H33Cl2N3O2. The minimum Gasteiger partial charge on any atom is -0.379 e. The molecule has 5 nitrogen and oxygen atoms in total. The van der Waals surface area contributed by atoms with Crippen LogP contribution >= 0.6 is 24.8 Å². The first-order valence-electron chi connectivity index (χ1n) is 8.22. The topological polar surface area (TPSA) is 58.8 Å². The Kier molecular flexibility index (Phi) is 10.0. The lowest BCUT2D eigenvalue weighted by Crippen LogP contribution is -2.54. The highest BCUT2D eigenvalue weighted by Gasteiger charge is 2.33. The van der Waals surface area contributed by atoms with Crippen LogP contribution in [-0.4, -0.2) is 67.7 Å². The van der Waals surface area contributed by atoms with Gasteiger partial charge in [-0.2, -0.15) is 0 Å². The molecule has 0 spiro atoms. The van der Waals surface area contributed by atoms with E-state index in [1.54, 1.807) is 0 Å². The Hall–Kier alpha value is -0.0700. The molecule has 2 fully saturated rings. The monoisotopic (exact) mass is 369 g/mol. The Labute approximate surface area is 153 Å². The third-order valence-corrected chi connectivity index (χ3v) is 4.65. The number of hydrogen-bond acceptors (Lipinski definition) is 4. The number of amides is 1. The number of carbonyl (C=O) groups is 1. The van der Waals surface area contributed by atoms with Gasteiger partial charge in [0.15, 0.2) is 0 Å². The highest BCUT2D eigenvalue weighted by Crippen LogP contribution is 2.23. The summed E-state index contributed by atoms with van der Waals surface area (Å²) in [5, 5.41) is 0. The van der Waals surface area contributed by atoms with Crippen LogP contribution in [0.15, 0.2) is 0 Å². The number of nitrogens with zero attached hydrogens (tertiary/aromatic N) is 2. The number of halogens is 2. The summed E-state index contributed by atoms with van der Waals surface area (Å²) in [6, 6.07) is -0.403. The van der Waals surface area contributed by atoms with Crippen molar-refractivity contribution in [3.05, 3.63) is 0 Å². The van der Waals surface area contributed by atoms with Crippen molar-refractivity contribution in [3.8, 4) is 0 Å². The van der Waals surface area contributed by atoms with Gasteiger partial charge in [-0.25, -0.2) is 0 Å². The van der Waals surface area contributed by atoms with Gasteiger partial charge in [-0.05, 0) is 24.2 Å². The van der Waals surface area contributed by atoms with Gasteiger partial charge in [-0.1, -0.05) is 20.8 Å². The fraction of sp³-hybridized carbons (Fsp3) is 0.938. The van der Waals surface area contributed by atoms with Crippen molar-refractivity contribution in [3.63, 3.8) is 0 Å². The molecule has 2 saturated heterocycles. The molecule has 2 aliphatic rings. The smallest absolute Gasteiger partial charge is 0.240 e. The molecule has 2 N–H and O–H groups in total. The van der Waals surface area contributed by atoms with Gasteiger partial charge in [0.05, 0.1) is 19.3 Å². The molecule has 2 atom stereocenters. The van der Waals surface area contributed by atoms with E-state index >= 15 is 0 Å². The SMILES string of the molecule is CC(C)(C)[C@H](N)C(=O)N1CCCC(CN2CCOCC2)C1.Cl.Cl. The van der Waals surface area contributed by atoms with Crippen molar-refractivity contribution < 1.29 is 9.53 Å². The Balaban J connectivity index is 0.00000242. The van der Waals surface area contributed by atoms with E-state index < -0.39 is 6.04 Å². The van der Waals surface area contributed by atoms with Gasteiger partial charge >= 0.3 is 0 Å². The van der Waals surface area contributed by atoms with E-state index in [4.69, 9.17) is 10.5 Å². The van der Waals surface area contributed by atoms with Gasteiger partial charge in [0.1, 0.15) is 0 Å². The highest BCUT2D eigenvalue weighted by atomic mass is 35.5. The van der Waals surface area contributed by atoms with Crippen LogP contribution in [0, 0.1) is 11.3 Å². The van der Waals surface area contributed by atoms with Crippen LogP contribution < -0.4 is 5.73 Å². The Morgan fingerprint density at radius 3 is 2.39 bits per heavy atom. The van der Waals surface area contributed by atoms with Gasteiger partial charge in [0.2, 0.25) is 5.91 Å². The Morgan fingerprint density at radius 2 is 1.83 bits per heavy atom. The fourth-order valence-corrected chi connectivity index (χ4v) is 3.13. The van der Waals surface area contributed by atoms with E-state index in [1.165, 1.54) is 6.42 Å². The van der Waals surface area contributed by atoms with Crippen LogP contribution in [0.4, 0.5) is 0 Å². The second-order valence-corrected chi connectivity index (χ2v) is 7.55. The van der Waals surface area contributed by atoms with Crippen molar-refractivity contribution in [1.82, 2.24) is 9.80 Å². The van der Waals surface area contributed by atoms with Crippen LogP contribution in [0.3, 0.4) is 0 Å². The highest BCUT2D eigenvalue weighted by molar-refractivity contribution is 5.85. The molecule has 0 saturated carbocycles. The normalized spacial score (nSPS) is 24.3. The molecule has 23 heavy (non-hydrogen) atoms. The maximum absolute atomic E-state index is 12.5. The summed E-state index contributed by atoms with van der Waals surface area (Å²) in [6.45, 7) is 12.6. The van der Waals surface area contributed by atoms with Crippen LogP contribution in [0.1, 0.15) is 33.6 Å². The first-order valence-corrected chi connectivity index (χ1v) is 8.22. The summed E-state index contributed by atoms with van der Waals surface area (Å²) in [4.78, 5) is 17.0. The number of nitrogens with two attached hydrogens (primary N) is 1. The largest absolute Gasteiger partial charge is 0.379 e.